The maximum atomic E-state index is 13.1. The van der Waals surface area contributed by atoms with Crippen LogP contribution in [0.4, 0.5) is 0 Å². The zero-order chi connectivity index (χ0) is 20.1. The summed E-state index contributed by atoms with van der Waals surface area (Å²) in [4.78, 5) is 17.9. The van der Waals surface area contributed by atoms with E-state index in [-0.39, 0.29) is 11.9 Å². The molecule has 0 spiro atoms. The Morgan fingerprint density at radius 1 is 1.10 bits per heavy atom. The van der Waals surface area contributed by atoms with E-state index in [1.165, 1.54) is 0 Å². The SMILES string of the molecule is CN1CCN(CCCNC(=O)C2CCCCc3nnc(-c4ccccc4)n32)CC1. The minimum Gasteiger partial charge on any atom is -0.354 e. The highest BCUT2D eigenvalue weighted by atomic mass is 16.2. The molecule has 3 heterocycles. The monoisotopic (exact) mass is 396 g/mol. The Morgan fingerprint density at radius 2 is 1.90 bits per heavy atom. The number of likely N-dealkylation sites (N-methyl/N-ethyl adjacent to an activating group) is 1. The summed E-state index contributed by atoms with van der Waals surface area (Å²) in [6, 6.07) is 9.84. The number of hydrogen-bond donors (Lipinski definition) is 1. The van der Waals surface area contributed by atoms with Gasteiger partial charge >= 0.3 is 0 Å². The maximum absolute atomic E-state index is 13.1. The molecule has 2 aromatic rings. The molecule has 29 heavy (non-hydrogen) atoms. The molecule has 1 saturated heterocycles. The number of carbonyl (C=O) groups excluding carboxylic acids is 1. The zero-order valence-corrected chi connectivity index (χ0v) is 17.4. The molecule has 0 radical (unpaired) electrons. The van der Waals surface area contributed by atoms with E-state index in [1.807, 2.05) is 30.3 Å². The Labute approximate surface area is 173 Å². The summed E-state index contributed by atoms with van der Waals surface area (Å²) in [7, 11) is 2.17. The number of carbonyl (C=O) groups is 1. The van der Waals surface area contributed by atoms with Crippen molar-refractivity contribution in [1.82, 2.24) is 29.9 Å². The second-order valence-corrected chi connectivity index (χ2v) is 8.23. The van der Waals surface area contributed by atoms with Gasteiger partial charge in [-0.25, -0.2) is 0 Å². The van der Waals surface area contributed by atoms with Gasteiger partial charge in [0.1, 0.15) is 11.9 Å². The topological polar surface area (TPSA) is 66.3 Å². The van der Waals surface area contributed by atoms with E-state index in [9.17, 15) is 4.79 Å². The van der Waals surface area contributed by atoms with Gasteiger partial charge in [-0.1, -0.05) is 36.8 Å². The number of nitrogens with zero attached hydrogens (tertiary/aromatic N) is 5. The first-order chi connectivity index (χ1) is 14.2. The molecule has 2 aliphatic heterocycles. The van der Waals surface area contributed by atoms with Crippen LogP contribution >= 0.6 is 0 Å². The average molecular weight is 397 g/mol. The number of fused-ring (bicyclic) bond motifs is 1. The standard InChI is InChI=1S/C22H32N6O/c1-26-14-16-27(17-15-26)13-7-12-23-22(29)19-10-5-6-11-20-24-25-21(28(19)20)18-8-3-2-4-9-18/h2-4,8-9,19H,5-7,10-17H2,1H3,(H,23,29). The molecule has 7 heteroatoms. The Bertz CT molecular complexity index is 797. The van der Waals surface area contributed by atoms with E-state index in [0.29, 0.717) is 0 Å². The highest BCUT2D eigenvalue weighted by Gasteiger charge is 2.29. The van der Waals surface area contributed by atoms with E-state index >= 15 is 0 Å². The van der Waals surface area contributed by atoms with Crippen LogP contribution in [-0.2, 0) is 11.2 Å². The van der Waals surface area contributed by atoms with E-state index in [0.717, 1.165) is 88.6 Å². The largest absolute Gasteiger partial charge is 0.354 e. The van der Waals surface area contributed by atoms with Crippen LogP contribution in [0, 0.1) is 0 Å². The lowest BCUT2D eigenvalue weighted by Gasteiger charge is -2.32. The summed E-state index contributed by atoms with van der Waals surface area (Å²) in [6.45, 7) is 6.28. The molecule has 2 aliphatic rings. The Hall–Kier alpha value is -2.25. The van der Waals surface area contributed by atoms with E-state index in [1.54, 1.807) is 0 Å². The molecule has 156 valence electrons. The van der Waals surface area contributed by atoms with Crippen molar-refractivity contribution in [2.24, 2.45) is 0 Å². The van der Waals surface area contributed by atoms with Crippen molar-refractivity contribution in [3.05, 3.63) is 36.2 Å². The smallest absolute Gasteiger partial charge is 0.243 e. The molecule has 4 rings (SSSR count). The molecule has 1 amide bonds. The maximum Gasteiger partial charge on any atom is 0.243 e. The Balaban J connectivity index is 1.38. The number of nitrogens with one attached hydrogen (secondary N) is 1. The molecular formula is C22H32N6O. The number of benzene rings is 1. The molecule has 0 aliphatic carbocycles. The molecule has 0 bridgehead atoms. The lowest BCUT2D eigenvalue weighted by atomic mass is 10.1. The third-order valence-corrected chi connectivity index (χ3v) is 6.09. The first-order valence-corrected chi connectivity index (χ1v) is 10.9. The highest BCUT2D eigenvalue weighted by Crippen LogP contribution is 2.29. The summed E-state index contributed by atoms with van der Waals surface area (Å²) in [6.07, 6.45) is 4.81. The second kappa shape index (κ2) is 9.50. The van der Waals surface area contributed by atoms with Gasteiger partial charge in [-0.05, 0) is 32.9 Å². The van der Waals surface area contributed by atoms with Crippen molar-refractivity contribution < 1.29 is 4.79 Å². The van der Waals surface area contributed by atoms with Gasteiger partial charge in [0.15, 0.2) is 5.82 Å². The molecule has 1 fully saturated rings. The van der Waals surface area contributed by atoms with Crippen molar-refractivity contribution in [3.8, 4) is 11.4 Å². The fraction of sp³-hybridized carbons (Fsp3) is 0.591. The van der Waals surface area contributed by atoms with E-state index in [4.69, 9.17) is 0 Å². The molecular weight excluding hydrogens is 364 g/mol. The van der Waals surface area contributed by atoms with Crippen molar-refractivity contribution in [3.63, 3.8) is 0 Å². The zero-order valence-electron chi connectivity index (χ0n) is 17.4. The van der Waals surface area contributed by atoms with Crippen LogP contribution in [0.3, 0.4) is 0 Å². The number of rotatable bonds is 6. The number of aromatic nitrogens is 3. The Kier molecular flexibility index (Phi) is 6.56. The van der Waals surface area contributed by atoms with Gasteiger partial charge in [0.05, 0.1) is 0 Å². The molecule has 1 N–H and O–H groups in total. The van der Waals surface area contributed by atoms with Gasteiger partial charge in [0, 0.05) is 44.7 Å². The van der Waals surface area contributed by atoms with E-state index in [2.05, 4.69) is 36.9 Å². The third-order valence-electron chi connectivity index (χ3n) is 6.09. The van der Waals surface area contributed by atoms with Crippen LogP contribution in [0.2, 0.25) is 0 Å². The normalized spacial score (nSPS) is 20.8. The Morgan fingerprint density at radius 3 is 2.69 bits per heavy atom. The fourth-order valence-corrected chi connectivity index (χ4v) is 4.31. The van der Waals surface area contributed by atoms with Crippen LogP contribution in [0.5, 0.6) is 0 Å². The summed E-state index contributed by atoms with van der Waals surface area (Å²) < 4.78 is 2.08. The molecule has 0 saturated carbocycles. The van der Waals surface area contributed by atoms with Crippen LogP contribution in [-0.4, -0.2) is 76.8 Å². The molecule has 1 unspecified atom stereocenters. The van der Waals surface area contributed by atoms with Crippen LogP contribution in [0.1, 0.15) is 37.5 Å². The summed E-state index contributed by atoms with van der Waals surface area (Å²) >= 11 is 0. The molecule has 1 aromatic heterocycles. The van der Waals surface area contributed by atoms with Crippen molar-refractivity contribution >= 4 is 5.91 Å². The van der Waals surface area contributed by atoms with Crippen molar-refractivity contribution in [2.75, 3.05) is 46.3 Å². The number of amides is 1. The van der Waals surface area contributed by atoms with Crippen molar-refractivity contribution in [1.29, 1.82) is 0 Å². The summed E-state index contributed by atoms with van der Waals surface area (Å²) in [5, 5.41) is 12.0. The predicted octanol–water partition coefficient (Wildman–Crippen LogP) is 1.97. The minimum atomic E-state index is -0.221. The van der Waals surface area contributed by atoms with Gasteiger partial charge in [-0.2, -0.15) is 0 Å². The van der Waals surface area contributed by atoms with Gasteiger partial charge in [-0.15, -0.1) is 10.2 Å². The average Bonchev–Trinajstić information content (AvgIpc) is 3.05. The van der Waals surface area contributed by atoms with Crippen LogP contribution < -0.4 is 5.32 Å². The van der Waals surface area contributed by atoms with Crippen molar-refractivity contribution in [2.45, 2.75) is 38.1 Å². The van der Waals surface area contributed by atoms with Gasteiger partial charge < -0.3 is 15.1 Å². The lowest BCUT2D eigenvalue weighted by molar-refractivity contribution is -0.124. The van der Waals surface area contributed by atoms with Gasteiger partial charge in [0.25, 0.3) is 0 Å². The molecule has 1 aromatic carbocycles. The highest BCUT2D eigenvalue weighted by molar-refractivity contribution is 5.81. The van der Waals surface area contributed by atoms with Gasteiger partial charge in [-0.3, -0.25) is 9.36 Å². The predicted molar refractivity (Wildman–Crippen MR) is 114 cm³/mol. The van der Waals surface area contributed by atoms with Crippen LogP contribution in [0.25, 0.3) is 11.4 Å². The third kappa shape index (κ3) is 4.85. The minimum absolute atomic E-state index is 0.100. The first kappa shape index (κ1) is 20.0. The number of hydrogen-bond acceptors (Lipinski definition) is 5. The summed E-state index contributed by atoms with van der Waals surface area (Å²) in [5.41, 5.74) is 1.01. The molecule has 1 atom stereocenters. The first-order valence-electron chi connectivity index (χ1n) is 10.9. The number of aryl methyl sites for hydroxylation is 1. The summed E-state index contributed by atoms with van der Waals surface area (Å²) in [5.74, 6) is 1.84. The van der Waals surface area contributed by atoms with E-state index < -0.39 is 0 Å². The quantitative estimate of drug-likeness (QED) is 0.756. The fourth-order valence-electron chi connectivity index (χ4n) is 4.31. The second-order valence-electron chi connectivity index (χ2n) is 8.23. The number of piperazine rings is 1. The molecule has 7 nitrogen and oxygen atoms in total. The van der Waals surface area contributed by atoms with Crippen LogP contribution in [0.15, 0.2) is 30.3 Å². The lowest BCUT2D eigenvalue weighted by Crippen LogP contribution is -2.45. The van der Waals surface area contributed by atoms with Gasteiger partial charge in [0.2, 0.25) is 5.91 Å².